The maximum atomic E-state index is 11.9. The van der Waals surface area contributed by atoms with Crippen LogP contribution in [0.1, 0.15) is 20.3 Å². The average molecular weight is 326 g/mol. The van der Waals surface area contributed by atoms with Crippen molar-refractivity contribution in [2.45, 2.75) is 26.6 Å². The Kier molecular flexibility index (Phi) is 10.7. The Morgan fingerprint density at radius 1 is 1.04 bits per heavy atom. The predicted octanol–water partition coefficient (Wildman–Crippen LogP) is -2.23. The van der Waals surface area contributed by atoms with Crippen LogP contribution in [0.5, 0.6) is 0 Å². The highest BCUT2D eigenvalue weighted by atomic mass is 16.2. The van der Waals surface area contributed by atoms with E-state index in [2.05, 4.69) is 5.32 Å². The number of carbonyl (C=O) groups is 4. The van der Waals surface area contributed by atoms with Crippen molar-refractivity contribution in [2.75, 3.05) is 39.3 Å². The van der Waals surface area contributed by atoms with Crippen LogP contribution in [0.2, 0.25) is 6.32 Å². The van der Waals surface area contributed by atoms with E-state index in [9.17, 15) is 19.2 Å². The van der Waals surface area contributed by atoms with E-state index < -0.39 is 0 Å². The largest absolute Gasteiger partial charge is 0.353 e. The minimum atomic E-state index is -0.313. The number of rotatable bonds is 11. The molecular weight excluding hydrogens is 299 g/mol. The average Bonchev–Trinajstić information content (AvgIpc) is 2.51. The summed E-state index contributed by atoms with van der Waals surface area (Å²) in [6.07, 6.45) is 0.612. The van der Waals surface area contributed by atoms with Gasteiger partial charge in [-0.05, 0) is 13.2 Å². The Morgan fingerprint density at radius 3 is 2.13 bits per heavy atom. The monoisotopic (exact) mass is 326 g/mol. The molecule has 130 valence electrons. The van der Waals surface area contributed by atoms with Crippen LogP contribution < -0.4 is 11.1 Å². The highest BCUT2D eigenvalue weighted by Crippen LogP contribution is 1.95. The fourth-order valence-corrected chi connectivity index (χ4v) is 2.02. The lowest BCUT2D eigenvalue weighted by Gasteiger charge is -2.23. The predicted molar refractivity (Wildman–Crippen MR) is 89.5 cm³/mol. The quantitative estimate of drug-likeness (QED) is 0.417. The highest BCUT2D eigenvalue weighted by Gasteiger charge is 2.16. The second kappa shape index (κ2) is 11.6. The molecule has 0 saturated carbocycles. The zero-order valence-corrected chi connectivity index (χ0v) is 14.3. The lowest BCUT2D eigenvalue weighted by atomic mass is 10.0. The lowest BCUT2D eigenvalue weighted by Crippen LogP contribution is -2.45. The first-order valence-electron chi connectivity index (χ1n) is 7.87. The number of carbonyl (C=O) groups excluding carboxylic acids is 4. The molecule has 0 rings (SSSR count). The van der Waals surface area contributed by atoms with E-state index in [1.165, 1.54) is 16.7 Å². The summed E-state index contributed by atoms with van der Waals surface area (Å²) in [4.78, 5) is 49.2. The first-order valence-corrected chi connectivity index (χ1v) is 7.87. The number of hydrogen-bond donors (Lipinski definition) is 2. The van der Waals surface area contributed by atoms with Crippen molar-refractivity contribution >= 4 is 31.4 Å². The summed E-state index contributed by atoms with van der Waals surface area (Å²) in [5.74, 6) is -0.696. The van der Waals surface area contributed by atoms with Gasteiger partial charge in [-0.3, -0.25) is 19.2 Å². The van der Waals surface area contributed by atoms with Crippen LogP contribution in [0.25, 0.3) is 0 Å². The summed E-state index contributed by atoms with van der Waals surface area (Å²) in [7, 11) is 1.72. The summed E-state index contributed by atoms with van der Waals surface area (Å²) >= 11 is 0. The molecule has 0 aliphatic carbocycles. The number of amides is 3. The van der Waals surface area contributed by atoms with Gasteiger partial charge >= 0.3 is 0 Å². The molecule has 0 fully saturated rings. The zero-order valence-electron chi connectivity index (χ0n) is 14.3. The van der Waals surface area contributed by atoms with Gasteiger partial charge in [-0.15, -0.1) is 0 Å². The van der Waals surface area contributed by atoms with Gasteiger partial charge in [0.25, 0.3) is 0 Å². The molecule has 0 radical (unpaired) electrons. The van der Waals surface area contributed by atoms with Gasteiger partial charge in [-0.25, -0.2) is 0 Å². The van der Waals surface area contributed by atoms with Gasteiger partial charge in [0.15, 0.2) is 0 Å². The topological polar surface area (TPSA) is 113 Å². The van der Waals surface area contributed by atoms with Crippen LogP contribution >= 0.6 is 0 Å². The van der Waals surface area contributed by atoms with Crippen LogP contribution in [0, 0.1) is 0 Å². The fraction of sp³-hybridized carbons (Fsp3) is 0.714. The minimum Gasteiger partial charge on any atom is -0.353 e. The van der Waals surface area contributed by atoms with Crippen molar-refractivity contribution in [3.8, 4) is 0 Å². The third-order valence-corrected chi connectivity index (χ3v) is 3.16. The molecule has 0 aromatic rings. The number of nitrogens with one attached hydrogen (secondary N) is 1. The standard InChI is InChI=1S/C14H27BN4O4/c1-3-13(22)18(6-4-16)10-12(21)17-5-7-19(9-11(2)20)14(23)8-15/h3-10,15-16H2,1-2H3,(H,17,21). The SMILES string of the molecule is BCC(=O)N(CCNC(=O)CN(CCN)C(=O)CC)CC(C)=O. The summed E-state index contributed by atoms with van der Waals surface area (Å²) in [6, 6.07) is 0. The molecule has 9 heteroatoms. The maximum absolute atomic E-state index is 11.9. The van der Waals surface area contributed by atoms with Gasteiger partial charge in [-0.2, -0.15) is 0 Å². The van der Waals surface area contributed by atoms with Crippen LogP contribution in [-0.4, -0.2) is 80.4 Å². The Morgan fingerprint density at radius 2 is 1.65 bits per heavy atom. The van der Waals surface area contributed by atoms with Crippen molar-refractivity contribution < 1.29 is 19.2 Å². The normalized spacial score (nSPS) is 10.0. The molecule has 0 aliphatic heterocycles. The van der Waals surface area contributed by atoms with Gasteiger partial charge in [0.1, 0.15) is 13.6 Å². The van der Waals surface area contributed by atoms with Crippen molar-refractivity contribution in [1.82, 2.24) is 15.1 Å². The van der Waals surface area contributed by atoms with Gasteiger partial charge in [-0.1, -0.05) is 6.92 Å². The number of nitrogens with two attached hydrogens (primary N) is 1. The molecule has 0 unspecified atom stereocenters. The molecule has 8 nitrogen and oxygen atoms in total. The lowest BCUT2D eigenvalue weighted by molar-refractivity contribution is -0.136. The smallest absolute Gasteiger partial charge is 0.239 e. The van der Waals surface area contributed by atoms with E-state index in [0.717, 1.165) is 0 Å². The molecule has 0 saturated heterocycles. The van der Waals surface area contributed by atoms with E-state index in [-0.39, 0.29) is 56.2 Å². The molecule has 0 atom stereocenters. The molecule has 0 heterocycles. The van der Waals surface area contributed by atoms with E-state index in [1.54, 1.807) is 14.8 Å². The molecule has 0 bridgehead atoms. The summed E-state index contributed by atoms with van der Waals surface area (Å²) in [5.41, 5.74) is 5.43. The van der Waals surface area contributed by atoms with Crippen LogP contribution in [0.3, 0.4) is 0 Å². The van der Waals surface area contributed by atoms with Crippen molar-refractivity contribution in [2.24, 2.45) is 5.73 Å². The summed E-state index contributed by atoms with van der Waals surface area (Å²) in [6.45, 7) is 4.22. The Bertz CT molecular complexity index is 431. The fourth-order valence-electron chi connectivity index (χ4n) is 2.02. The van der Waals surface area contributed by atoms with Gasteiger partial charge < -0.3 is 20.9 Å². The van der Waals surface area contributed by atoms with Crippen LogP contribution in [0.15, 0.2) is 0 Å². The second-order valence-corrected chi connectivity index (χ2v) is 5.18. The number of hydrogen-bond acceptors (Lipinski definition) is 5. The third-order valence-electron chi connectivity index (χ3n) is 3.16. The van der Waals surface area contributed by atoms with Crippen LogP contribution in [-0.2, 0) is 19.2 Å². The van der Waals surface area contributed by atoms with E-state index in [0.29, 0.717) is 19.3 Å². The first-order chi connectivity index (χ1) is 10.8. The molecule has 0 aromatic carbocycles. The summed E-state index contributed by atoms with van der Waals surface area (Å²) in [5, 5.41) is 2.65. The molecule has 0 aromatic heterocycles. The van der Waals surface area contributed by atoms with Crippen molar-refractivity contribution in [1.29, 1.82) is 0 Å². The number of ketones is 1. The van der Waals surface area contributed by atoms with E-state index in [1.807, 2.05) is 0 Å². The Hall–Kier alpha value is -1.90. The molecular formula is C14H27BN4O4. The zero-order chi connectivity index (χ0) is 17.8. The molecule has 0 spiro atoms. The number of nitrogens with zero attached hydrogens (tertiary/aromatic N) is 2. The highest BCUT2D eigenvalue weighted by molar-refractivity contribution is 6.19. The minimum absolute atomic E-state index is 0.0379. The molecule has 0 aliphatic rings. The van der Waals surface area contributed by atoms with Gasteiger partial charge in [0, 0.05) is 32.6 Å². The van der Waals surface area contributed by atoms with Crippen LogP contribution in [0.4, 0.5) is 0 Å². The maximum Gasteiger partial charge on any atom is 0.239 e. The molecule has 23 heavy (non-hydrogen) atoms. The Labute approximate surface area is 138 Å². The number of Topliss-reactive ketones (excluding diaryl/α,β-unsaturated/α-hetero) is 1. The Balaban J connectivity index is 4.36. The van der Waals surface area contributed by atoms with Crippen molar-refractivity contribution in [3.63, 3.8) is 0 Å². The summed E-state index contributed by atoms with van der Waals surface area (Å²) < 4.78 is 0. The molecule has 3 amide bonds. The van der Waals surface area contributed by atoms with Gasteiger partial charge in [0.05, 0.1) is 13.1 Å². The second-order valence-electron chi connectivity index (χ2n) is 5.18. The van der Waals surface area contributed by atoms with Gasteiger partial charge in [0.2, 0.25) is 17.7 Å². The van der Waals surface area contributed by atoms with Crippen molar-refractivity contribution in [3.05, 3.63) is 0 Å². The van der Waals surface area contributed by atoms with E-state index in [4.69, 9.17) is 5.73 Å². The first kappa shape index (κ1) is 21.1. The van der Waals surface area contributed by atoms with E-state index >= 15 is 0 Å². The molecule has 3 N–H and O–H groups in total. The third kappa shape index (κ3) is 8.97.